The Morgan fingerprint density at radius 3 is 1.38 bits per heavy atom. The van der Waals surface area contributed by atoms with Gasteiger partial charge in [-0.25, -0.2) is 0 Å². The number of aryl methyl sites for hydroxylation is 2. The van der Waals surface area contributed by atoms with Gasteiger partial charge in [0.25, 0.3) is 0 Å². The van der Waals surface area contributed by atoms with Crippen LogP contribution in [0.3, 0.4) is 0 Å². The standard InChI is InChI=1S/C14H12B2/c15-13-7-3-1-5-11(13)9-10-12-6-2-4-8-14(12)16/h1-8H,9-10H2. The molecule has 0 aliphatic carbocycles. The predicted octanol–water partition coefficient (Wildman–Crippen LogP) is 1.06. The Hall–Kier alpha value is -1.43. The first-order valence-electron chi connectivity index (χ1n) is 5.44. The Morgan fingerprint density at radius 1 is 0.625 bits per heavy atom. The zero-order valence-electron chi connectivity index (χ0n) is 9.19. The molecule has 0 N–H and O–H groups in total. The molecule has 0 nitrogen and oxygen atoms in total. The molecule has 0 aliphatic rings. The highest BCUT2D eigenvalue weighted by atomic mass is 14.0. The third-order valence-corrected chi connectivity index (χ3v) is 2.77. The van der Waals surface area contributed by atoms with E-state index < -0.39 is 0 Å². The number of hydrogen-bond donors (Lipinski definition) is 0. The van der Waals surface area contributed by atoms with Crippen LogP contribution in [0, 0.1) is 0 Å². The first-order valence-corrected chi connectivity index (χ1v) is 5.44. The zero-order chi connectivity index (χ0) is 11.4. The van der Waals surface area contributed by atoms with E-state index in [2.05, 4.69) is 12.1 Å². The zero-order valence-corrected chi connectivity index (χ0v) is 9.19. The van der Waals surface area contributed by atoms with Crippen molar-refractivity contribution in [1.82, 2.24) is 0 Å². The molecule has 0 spiro atoms. The maximum Gasteiger partial charge on any atom is 0.114 e. The van der Waals surface area contributed by atoms with E-state index >= 15 is 0 Å². The molecule has 2 aromatic carbocycles. The van der Waals surface area contributed by atoms with E-state index in [0.29, 0.717) is 0 Å². The molecule has 0 atom stereocenters. The Kier molecular flexibility index (Phi) is 3.51. The van der Waals surface area contributed by atoms with E-state index in [9.17, 15) is 0 Å². The van der Waals surface area contributed by atoms with Crippen LogP contribution in [0.2, 0.25) is 0 Å². The van der Waals surface area contributed by atoms with Crippen molar-refractivity contribution >= 4 is 26.6 Å². The van der Waals surface area contributed by atoms with Crippen molar-refractivity contribution < 1.29 is 0 Å². The summed E-state index contributed by atoms with van der Waals surface area (Å²) in [5.41, 5.74) is 4.09. The lowest BCUT2D eigenvalue weighted by molar-refractivity contribution is 0.973. The molecule has 0 aliphatic heterocycles. The van der Waals surface area contributed by atoms with Crippen LogP contribution in [0.1, 0.15) is 11.1 Å². The molecular weight excluding hydrogens is 190 g/mol. The van der Waals surface area contributed by atoms with Gasteiger partial charge < -0.3 is 0 Å². The average molecular weight is 202 g/mol. The Labute approximate surface area is 99.5 Å². The van der Waals surface area contributed by atoms with E-state index in [1.165, 1.54) is 11.1 Å². The van der Waals surface area contributed by atoms with Gasteiger partial charge in [0, 0.05) is 0 Å². The highest BCUT2D eigenvalue weighted by molar-refractivity contribution is 6.33. The second-order valence-corrected chi connectivity index (χ2v) is 3.90. The lowest BCUT2D eigenvalue weighted by Gasteiger charge is -2.08. The van der Waals surface area contributed by atoms with Crippen molar-refractivity contribution in [2.45, 2.75) is 12.8 Å². The smallest absolute Gasteiger partial charge is 0.0935 e. The van der Waals surface area contributed by atoms with Crippen molar-refractivity contribution in [3.05, 3.63) is 59.7 Å². The molecule has 0 amide bonds. The van der Waals surface area contributed by atoms with Crippen molar-refractivity contribution in [3.63, 3.8) is 0 Å². The minimum Gasteiger partial charge on any atom is -0.0935 e. The van der Waals surface area contributed by atoms with Crippen molar-refractivity contribution in [2.75, 3.05) is 0 Å². The number of hydrogen-bond acceptors (Lipinski definition) is 0. The predicted molar refractivity (Wildman–Crippen MR) is 71.1 cm³/mol. The maximum absolute atomic E-state index is 5.89. The van der Waals surface area contributed by atoms with Gasteiger partial charge in [-0.1, -0.05) is 70.6 Å². The minimum atomic E-state index is 0.858. The van der Waals surface area contributed by atoms with Gasteiger partial charge in [0.05, 0.1) is 0 Å². The molecule has 2 aromatic rings. The summed E-state index contributed by atoms with van der Waals surface area (Å²) >= 11 is 0. The molecular formula is C14H12B2. The van der Waals surface area contributed by atoms with Crippen molar-refractivity contribution in [2.24, 2.45) is 0 Å². The van der Waals surface area contributed by atoms with E-state index in [1.54, 1.807) is 0 Å². The fourth-order valence-corrected chi connectivity index (χ4v) is 1.79. The van der Waals surface area contributed by atoms with Gasteiger partial charge in [-0.15, -0.1) is 0 Å². The average Bonchev–Trinajstić information content (AvgIpc) is 2.30. The van der Waals surface area contributed by atoms with Crippen LogP contribution in [0.25, 0.3) is 0 Å². The first-order chi connectivity index (χ1) is 7.77. The molecule has 0 bridgehead atoms. The quantitative estimate of drug-likeness (QED) is 0.652. The van der Waals surface area contributed by atoms with Gasteiger partial charge in [0.15, 0.2) is 0 Å². The molecule has 0 saturated heterocycles. The van der Waals surface area contributed by atoms with Gasteiger partial charge >= 0.3 is 0 Å². The summed E-state index contributed by atoms with van der Waals surface area (Å²) in [4.78, 5) is 0. The van der Waals surface area contributed by atoms with Gasteiger partial charge in [0.2, 0.25) is 0 Å². The van der Waals surface area contributed by atoms with Gasteiger partial charge in [-0.2, -0.15) is 0 Å². The lowest BCUT2D eigenvalue weighted by atomic mass is 9.85. The van der Waals surface area contributed by atoms with Crippen LogP contribution in [-0.2, 0) is 12.8 Å². The topological polar surface area (TPSA) is 0 Å². The summed E-state index contributed by atoms with van der Waals surface area (Å²) in [5, 5.41) is 0. The van der Waals surface area contributed by atoms with Crippen LogP contribution in [0.5, 0.6) is 0 Å². The summed E-state index contributed by atoms with van der Waals surface area (Å²) in [7, 11) is 11.8. The van der Waals surface area contributed by atoms with Crippen LogP contribution in [0.15, 0.2) is 48.5 Å². The van der Waals surface area contributed by atoms with Crippen molar-refractivity contribution in [1.29, 1.82) is 0 Å². The van der Waals surface area contributed by atoms with Crippen LogP contribution in [-0.4, -0.2) is 15.7 Å². The van der Waals surface area contributed by atoms with Gasteiger partial charge in [0.1, 0.15) is 15.7 Å². The summed E-state index contributed by atoms with van der Waals surface area (Å²) in [6.07, 6.45) is 1.86. The molecule has 74 valence electrons. The summed E-state index contributed by atoms with van der Waals surface area (Å²) in [6.45, 7) is 0. The van der Waals surface area contributed by atoms with Crippen LogP contribution < -0.4 is 10.9 Å². The molecule has 4 radical (unpaired) electrons. The maximum atomic E-state index is 5.89. The molecule has 0 heterocycles. The first kappa shape index (κ1) is 11.1. The minimum absolute atomic E-state index is 0.858. The Morgan fingerprint density at radius 2 is 1.00 bits per heavy atom. The number of rotatable bonds is 3. The van der Waals surface area contributed by atoms with Crippen LogP contribution in [0.4, 0.5) is 0 Å². The molecule has 0 saturated carbocycles. The van der Waals surface area contributed by atoms with E-state index in [4.69, 9.17) is 15.7 Å². The molecule has 16 heavy (non-hydrogen) atoms. The van der Waals surface area contributed by atoms with Gasteiger partial charge in [-0.3, -0.25) is 0 Å². The highest BCUT2D eigenvalue weighted by Gasteiger charge is 1.99. The SMILES string of the molecule is [B]c1ccccc1CCc1ccccc1[B]. The summed E-state index contributed by atoms with van der Waals surface area (Å²) < 4.78 is 0. The fraction of sp³-hybridized carbons (Fsp3) is 0.143. The van der Waals surface area contributed by atoms with E-state index in [1.807, 2.05) is 36.4 Å². The molecule has 0 fully saturated rings. The van der Waals surface area contributed by atoms with Crippen molar-refractivity contribution in [3.8, 4) is 0 Å². The lowest BCUT2D eigenvalue weighted by Crippen LogP contribution is -2.14. The highest BCUT2D eigenvalue weighted by Crippen LogP contribution is 2.03. The molecule has 0 aromatic heterocycles. The molecule has 0 unspecified atom stereocenters. The fourth-order valence-electron chi connectivity index (χ4n) is 1.79. The summed E-state index contributed by atoms with van der Waals surface area (Å²) in [5.74, 6) is 0. The van der Waals surface area contributed by atoms with Crippen LogP contribution >= 0.6 is 0 Å². The molecule has 2 rings (SSSR count). The normalized spacial score (nSPS) is 10.2. The third-order valence-electron chi connectivity index (χ3n) is 2.77. The Balaban J connectivity index is 2.09. The van der Waals surface area contributed by atoms with Gasteiger partial charge in [-0.05, 0) is 12.8 Å². The monoisotopic (exact) mass is 202 g/mol. The number of benzene rings is 2. The van der Waals surface area contributed by atoms with E-state index in [0.717, 1.165) is 23.8 Å². The van der Waals surface area contributed by atoms with E-state index in [-0.39, 0.29) is 0 Å². The molecule has 2 heteroatoms. The second-order valence-electron chi connectivity index (χ2n) is 3.90. The third kappa shape index (κ3) is 2.57. The second kappa shape index (κ2) is 5.07. The Bertz CT molecular complexity index is 432. The largest absolute Gasteiger partial charge is 0.114 e. The summed E-state index contributed by atoms with van der Waals surface area (Å²) in [6, 6.07) is 15.9.